The highest BCUT2D eigenvalue weighted by atomic mass is 16.3. The van der Waals surface area contributed by atoms with E-state index in [1.54, 1.807) is 12.1 Å². The first-order valence-corrected chi connectivity index (χ1v) is 17.3. The zero-order valence-corrected chi connectivity index (χ0v) is 28.0. The van der Waals surface area contributed by atoms with Gasteiger partial charge < -0.3 is 8.83 Å². The minimum atomic E-state index is -0.759. The molecule has 0 fully saturated rings. The summed E-state index contributed by atoms with van der Waals surface area (Å²) >= 11 is 0. The van der Waals surface area contributed by atoms with E-state index >= 15 is 0 Å². The summed E-state index contributed by atoms with van der Waals surface area (Å²) in [4.78, 5) is 0. The molecule has 250 valence electrons. The van der Waals surface area contributed by atoms with Crippen LogP contribution in [0.3, 0.4) is 0 Å². The molecule has 0 saturated heterocycles. The van der Waals surface area contributed by atoms with Gasteiger partial charge in [0.2, 0.25) is 0 Å². The quantitative estimate of drug-likeness (QED) is 0.171. The van der Waals surface area contributed by atoms with Crippen LogP contribution in [-0.2, 0) is 0 Å². The summed E-state index contributed by atoms with van der Waals surface area (Å²) in [6.07, 6.45) is 0. The Morgan fingerprint density at radius 2 is 0.870 bits per heavy atom. The summed E-state index contributed by atoms with van der Waals surface area (Å²) in [7, 11) is 0. The molecule has 2 nitrogen and oxygen atoms in total. The van der Waals surface area contributed by atoms with Gasteiger partial charge in [0.15, 0.2) is 0 Å². The van der Waals surface area contributed by atoms with Gasteiger partial charge in [-0.25, -0.2) is 0 Å². The number of rotatable bonds is 3. The molecule has 2 heterocycles. The predicted molar refractivity (Wildman–Crippen MR) is 227 cm³/mol. The molecule has 0 amide bonds. The highest BCUT2D eigenvalue weighted by Crippen LogP contribution is 2.46. The van der Waals surface area contributed by atoms with E-state index in [4.69, 9.17) is 22.5 Å². The topological polar surface area (TPSA) is 26.3 Å². The van der Waals surface area contributed by atoms with Gasteiger partial charge in [-0.15, -0.1) is 0 Å². The van der Waals surface area contributed by atoms with Crippen LogP contribution in [0, 0.1) is 0 Å². The van der Waals surface area contributed by atoms with Crippen LogP contribution in [0.2, 0.25) is 0 Å². The normalized spacial score (nSPS) is 16.0. The fourth-order valence-corrected chi connectivity index (χ4v) is 8.01. The molecular formula is C52H30O2. The van der Waals surface area contributed by atoms with Gasteiger partial charge in [-0.1, -0.05) is 139 Å². The summed E-state index contributed by atoms with van der Waals surface area (Å²) in [5, 5.41) is 3.52. The lowest BCUT2D eigenvalue weighted by Crippen LogP contribution is -1.91. The highest BCUT2D eigenvalue weighted by molar-refractivity contribution is 6.26. The van der Waals surface area contributed by atoms with Gasteiger partial charge in [0.25, 0.3) is 0 Å². The Kier molecular flexibility index (Phi) is 3.84. The minimum absolute atomic E-state index is 0.0320. The van der Waals surface area contributed by atoms with Gasteiger partial charge in [-0.3, -0.25) is 0 Å². The monoisotopic (exact) mass is 701 g/mol. The summed E-state index contributed by atoms with van der Waals surface area (Å²) < 4.78 is 147. The van der Waals surface area contributed by atoms with Crippen molar-refractivity contribution in [2.45, 2.75) is 0 Å². The Labute approximate surface area is 331 Å². The van der Waals surface area contributed by atoms with Crippen molar-refractivity contribution in [3.05, 3.63) is 182 Å². The number of furan rings is 2. The molecule has 54 heavy (non-hydrogen) atoms. The van der Waals surface area contributed by atoms with Gasteiger partial charge in [0.1, 0.15) is 22.3 Å². The summed E-state index contributed by atoms with van der Waals surface area (Å²) in [5.74, 6) is 0. The van der Waals surface area contributed by atoms with Crippen LogP contribution < -0.4 is 0 Å². The average molecular weight is 702 g/mol. The maximum atomic E-state index is 9.42. The molecule has 0 bridgehead atoms. The molecule has 12 aromatic rings. The number of fused-ring (bicyclic) bond motifs is 11. The fraction of sp³-hybridized carbons (Fsp3) is 0. The first kappa shape index (κ1) is 18.6. The molecule has 0 aliphatic rings. The number of para-hydroxylation sites is 1. The standard InChI is InChI=1S/C52H30O2/c1-2-12-37-31(10-1)11-9-18-38(37)50-41-15-5-3-13-39(41)49(40-14-4-6-16-42(40)50)36-23-22-32-28-33(20-21-34(32)29-36)35-24-25-44-48(30-35)54-47-27-26-46-51(52(44)47)43-17-7-8-19-45(43)53-46/h1-30H/i1D,2D,3D,4D,5D,6D,9D,10D,11D,12D,13D,14D,15D,16D,18D. The number of hydrogen-bond donors (Lipinski definition) is 0. The second-order valence-electron chi connectivity index (χ2n) is 13.2. The Bertz CT molecular complexity index is 4290. The molecule has 0 N–H and O–H groups in total. The Hall–Kier alpha value is -7.16. The molecule has 0 aliphatic heterocycles. The predicted octanol–water partition coefficient (Wildman–Crippen LogP) is 15.1. The molecule has 0 spiro atoms. The van der Waals surface area contributed by atoms with Crippen LogP contribution in [0.15, 0.2) is 190 Å². The average Bonchev–Trinajstić information content (AvgIpc) is 3.93. The SMILES string of the molecule is [2H]c1c([2H])c([2H])c2c(-c3c4c([2H])c([2H])c([2H])c([2H])c4c(-c4ccc5cc(-c6ccc7c(c6)oc6ccc8oc9ccccc9c8c67)ccc5c4)c4c([2H])c([2H])c([2H])c([2H])c34)c([2H])c([2H])c([2H])c2c1[2H]. The highest BCUT2D eigenvalue weighted by Gasteiger charge is 2.19. The molecule has 12 rings (SSSR count). The largest absolute Gasteiger partial charge is 0.456 e. The van der Waals surface area contributed by atoms with Gasteiger partial charge >= 0.3 is 0 Å². The van der Waals surface area contributed by atoms with Crippen LogP contribution in [0.5, 0.6) is 0 Å². The van der Waals surface area contributed by atoms with E-state index < -0.39 is 107 Å². The van der Waals surface area contributed by atoms with E-state index in [-0.39, 0.29) is 32.7 Å². The zero-order chi connectivity index (χ0) is 48.4. The summed E-state index contributed by atoms with van der Waals surface area (Å²) in [6, 6.07) is 18.6. The lowest BCUT2D eigenvalue weighted by Gasteiger charge is -2.19. The maximum absolute atomic E-state index is 9.42. The molecule has 0 atom stereocenters. The molecule has 2 heteroatoms. The van der Waals surface area contributed by atoms with E-state index in [0.29, 0.717) is 16.5 Å². The Balaban J connectivity index is 1.12. The lowest BCUT2D eigenvalue weighted by atomic mass is 9.84. The van der Waals surface area contributed by atoms with Crippen molar-refractivity contribution in [2.24, 2.45) is 0 Å². The Morgan fingerprint density at radius 1 is 0.333 bits per heavy atom. The van der Waals surface area contributed by atoms with E-state index in [1.807, 2.05) is 78.9 Å². The molecule has 0 unspecified atom stereocenters. The second-order valence-corrected chi connectivity index (χ2v) is 13.2. The van der Waals surface area contributed by atoms with E-state index in [9.17, 15) is 6.85 Å². The minimum Gasteiger partial charge on any atom is -0.456 e. The van der Waals surface area contributed by atoms with Crippen molar-refractivity contribution in [2.75, 3.05) is 0 Å². The van der Waals surface area contributed by atoms with Gasteiger partial charge in [0, 0.05) is 21.5 Å². The molecular weight excluding hydrogens is 657 g/mol. The third-order valence-corrected chi connectivity index (χ3v) is 10.4. The van der Waals surface area contributed by atoms with Crippen molar-refractivity contribution in [1.82, 2.24) is 0 Å². The first-order valence-electron chi connectivity index (χ1n) is 24.8. The van der Waals surface area contributed by atoms with Crippen LogP contribution >= 0.6 is 0 Å². The van der Waals surface area contributed by atoms with Crippen molar-refractivity contribution < 1.29 is 29.4 Å². The second kappa shape index (κ2) is 11.2. The summed E-state index contributed by atoms with van der Waals surface area (Å²) in [5.41, 5.74) is 4.27. The molecule has 0 aliphatic carbocycles. The van der Waals surface area contributed by atoms with Crippen LogP contribution in [0.1, 0.15) is 20.6 Å². The number of hydrogen-bond acceptors (Lipinski definition) is 2. The molecule has 2 aromatic heterocycles. The molecule has 10 aromatic carbocycles. The first-order chi connectivity index (χ1) is 33.0. The van der Waals surface area contributed by atoms with Gasteiger partial charge in [-0.05, 0) is 119 Å². The van der Waals surface area contributed by atoms with Crippen LogP contribution in [-0.4, -0.2) is 0 Å². The van der Waals surface area contributed by atoms with E-state index in [2.05, 4.69) is 0 Å². The molecule has 0 radical (unpaired) electrons. The Morgan fingerprint density at radius 3 is 1.61 bits per heavy atom. The lowest BCUT2D eigenvalue weighted by molar-refractivity contribution is 0.663. The molecule has 0 saturated carbocycles. The van der Waals surface area contributed by atoms with Crippen molar-refractivity contribution in [3.8, 4) is 33.4 Å². The fourth-order valence-electron chi connectivity index (χ4n) is 8.01. The number of benzene rings is 10. The van der Waals surface area contributed by atoms with Crippen LogP contribution in [0.25, 0.3) is 120 Å². The van der Waals surface area contributed by atoms with Crippen molar-refractivity contribution >= 4 is 87.0 Å². The van der Waals surface area contributed by atoms with Crippen molar-refractivity contribution in [1.29, 1.82) is 0 Å². The van der Waals surface area contributed by atoms with Gasteiger partial charge in [0.05, 0.1) is 20.6 Å². The third kappa shape index (κ3) is 4.22. The summed E-state index contributed by atoms with van der Waals surface area (Å²) in [6.45, 7) is 0. The third-order valence-electron chi connectivity index (χ3n) is 10.4. The zero-order valence-electron chi connectivity index (χ0n) is 43.0. The smallest absolute Gasteiger partial charge is 0.136 e. The van der Waals surface area contributed by atoms with Gasteiger partial charge in [-0.2, -0.15) is 0 Å². The van der Waals surface area contributed by atoms with Crippen LogP contribution in [0.4, 0.5) is 0 Å². The van der Waals surface area contributed by atoms with E-state index in [0.717, 1.165) is 54.8 Å². The van der Waals surface area contributed by atoms with E-state index in [1.165, 1.54) is 0 Å². The van der Waals surface area contributed by atoms with Crippen molar-refractivity contribution in [3.63, 3.8) is 0 Å². The maximum Gasteiger partial charge on any atom is 0.136 e.